The zero-order chi connectivity index (χ0) is 15.1. The van der Waals surface area contributed by atoms with Crippen LogP contribution in [0, 0.1) is 20.8 Å². The van der Waals surface area contributed by atoms with E-state index in [2.05, 4.69) is 6.07 Å². The van der Waals surface area contributed by atoms with Gasteiger partial charge in [-0.25, -0.2) is 4.98 Å². The van der Waals surface area contributed by atoms with Gasteiger partial charge in [0.15, 0.2) is 0 Å². The van der Waals surface area contributed by atoms with Crippen molar-refractivity contribution in [1.29, 1.82) is 0 Å². The van der Waals surface area contributed by atoms with Crippen LogP contribution in [0.2, 0.25) is 0 Å². The largest absolute Gasteiger partial charge is 0.496 e. The van der Waals surface area contributed by atoms with Gasteiger partial charge in [-0.05, 0) is 55.7 Å². The molecule has 21 heavy (non-hydrogen) atoms. The molecule has 2 heterocycles. The number of pyridine rings is 1. The molecule has 108 valence electrons. The number of benzene rings is 1. The molecular formula is C17H19N3O. The lowest BCUT2D eigenvalue weighted by Gasteiger charge is -2.10. The fraction of sp³-hybridized carbons (Fsp3) is 0.235. The molecule has 0 fully saturated rings. The number of aromatic nitrogens is 2. The lowest BCUT2D eigenvalue weighted by atomic mass is 10.0. The Morgan fingerprint density at radius 3 is 2.52 bits per heavy atom. The van der Waals surface area contributed by atoms with Crippen molar-refractivity contribution in [2.75, 3.05) is 12.8 Å². The van der Waals surface area contributed by atoms with Crippen LogP contribution in [0.15, 0.2) is 30.5 Å². The predicted octanol–water partition coefficient (Wildman–Crippen LogP) is 3.52. The van der Waals surface area contributed by atoms with Crippen LogP contribution in [0.1, 0.15) is 16.7 Å². The van der Waals surface area contributed by atoms with Crippen molar-refractivity contribution in [2.24, 2.45) is 0 Å². The summed E-state index contributed by atoms with van der Waals surface area (Å²) >= 11 is 0. The van der Waals surface area contributed by atoms with E-state index in [1.54, 1.807) is 7.11 Å². The maximum atomic E-state index is 6.30. The number of nitrogen functional groups attached to an aromatic ring is 1. The SMILES string of the molecule is COc1cc(C)c(-c2nc3c(C)cccn3c2N)cc1C. The second-order valence-corrected chi connectivity index (χ2v) is 5.37. The van der Waals surface area contributed by atoms with Gasteiger partial charge in [-0.1, -0.05) is 6.07 Å². The molecule has 4 nitrogen and oxygen atoms in total. The van der Waals surface area contributed by atoms with Gasteiger partial charge < -0.3 is 10.5 Å². The lowest BCUT2D eigenvalue weighted by molar-refractivity contribution is 0.411. The van der Waals surface area contributed by atoms with E-state index in [0.29, 0.717) is 5.82 Å². The molecule has 3 aromatic rings. The summed E-state index contributed by atoms with van der Waals surface area (Å²) in [7, 11) is 1.68. The monoisotopic (exact) mass is 281 g/mol. The van der Waals surface area contributed by atoms with Gasteiger partial charge in [-0.3, -0.25) is 4.40 Å². The number of fused-ring (bicyclic) bond motifs is 1. The van der Waals surface area contributed by atoms with Crippen molar-refractivity contribution >= 4 is 11.5 Å². The van der Waals surface area contributed by atoms with Crippen LogP contribution in [0.5, 0.6) is 5.75 Å². The third kappa shape index (κ3) is 2.03. The number of imidazole rings is 1. The van der Waals surface area contributed by atoms with E-state index in [0.717, 1.165) is 39.3 Å². The Kier molecular flexibility index (Phi) is 3.09. The second kappa shape index (κ2) is 4.81. The summed E-state index contributed by atoms with van der Waals surface area (Å²) in [6.07, 6.45) is 1.94. The summed E-state index contributed by atoms with van der Waals surface area (Å²) in [4.78, 5) is 4.74. The molecule has 0 spiro atoms. The van der Waals surface area contributed by atoms with Crippen molar-refractivity contribution in [3.63, 3.8) is 0 Å². The zero-order valence-corrected chi connectivity index (χ0v) is 12.8. The van der Waals surface area contributed by atoms with Crippen molar-refractivity contribution < 1.29 is 4.74 Å². The highest BCUT2D eigenvalue weighted by Crippen LogP contribution is 2.33. The van der Waals surface area contributed by atoms with Gasteiger partial charge in [0.2, 0.25) is 0 Å². The maximum absolute atomic E-state index is 6.30. The fourth-order valence-electron chi connectivity index (χ4n) is 2.69. The van der Waals surface area contributed by atoms with E-state index < -0.39 is 0 Å². The number of hydrogen-bond acceptors (Lipinski definition) is 3. The molecule has 0 aliphatic rings. The van der Waals surface area contributed by atoms with Crippen molar-refractivity contribution in [2.45, 2.75) is 20.8 Å². The summed E-state index contributed by atoms with van der Waals surface area (Å²) in [6, 6.07) is 8.14. The highest BCUT2D eigenvalue weighted by atomic mass is 16.5. The molecule has 0 saturated carbocycles. The van der Waals surface area contributed by atoms with E-state index >= 15 is 0 Å². The van der Waals surface area contributed by atoms with Crippen LogP contribution in [0.4, 0.5) is 5.82 Å². The zero-order valence-electron chi connectivity index (χ0n) is 12.8. The summed E-state index contributed by atoms with van der Waals surface area (Å²) in [5.74, 6) is 1.55. The standard InChI is InChI=1S/C17H19N3O/c1-10-6-5-7-20-16(18)15(19-17(10)20)13-8-12(3)14(21-4)9-11(13)2/h5-9H,18H2,1-4H3. The maximum Gasteiger partial charge on any atom is 0.142 e. The van der Waals surface area contributed by atoms with E-state index in [1.165, 1.54) is 0 Å². The van der Waals surface area contributed by atoms with Gasteiger partial charge in [-0.2, -0.15) is 0 Å². The topological polar surface area (TPSA) is 52.5 Å². The molecule has 4 heteroatoms. The molecule has 0 atom stereocenters. The van der Waals surface area contributed by atoms with Crippen molar-refractivity contribution in [3.05, 3.63) is 47.2 Å². The number of methoxy groups -OCH3 is 1. The first-order chi connectivity index (χ1) is 10.0. The van der Waals surface area contributed by atoms with E-state index in [9.17, 15) is 0 Å². The van der Waals surface area contributed by atoms with Gasteiger partial charge in [0.05, 0.1) is 7.11 Å². The molecule has 0 bridgehead atoms. The number of ether oxygens (including phenoxy) is 1. The Morgan fingerprint density at radius 1 is 1.10 bits per heavy atom. The van der Waals surface area contributed by atoms with Gasteiger partial charge in [0.1, 0.15) is 22.9 Å². The highest BCUT2D eigenvalue weighted by Gasteiger charge is 2.15. The fourth-order valence-corrected chi connectivity index (χ4v) is 2.69. The molecule has 0 aliphatic heterocycles. The third-order valence-corrected chi connectivity index (χ3v) is 3.88. The Balaban J connectivity index is 2.28. The summed E-state index contributed by atoms with van der Waals surface area (Å²) in [6.45, 7) is 6.12. The van der Waals surface area contributed by atoms with Crippen LogP contribution in [0.3, 0.4) is 0 Å². The van der Waals surface area contributed by atoms with Crippen molar-refractivity contribution in [1.82, 2.24) is 9.38 Å². The first kappa shape index (κ1) is 13.5. The number of nitrogens with zero attached hydrogens (tertiary/aromatic N) is 2. The Bertz CT molecular complexity index is 834. The number of rotatable bonds is 2. The predicted molar refractivity (Wildman–Crippen MR) is 85.8 cm³/mol. The van der Waals surface area contributed by atoms with Gasteiger partial charge in [0, 0.05) is 11.8 Å². The molecule has 2 aromatic heterocycles. The molecular weight excluding hydrogens is 262 g/mol. The second-order valence-electron chi connectivity index (χ2n) is 5.37. The van der Waals surface area contributed by atoms with Crippen LogP contribution >= 0.6 is 0 Å². The van der Waals surface area contributed by atoms with E-state index in [4.69, 9.17) is 15.5 Å². The van der Waals surface area contributed by atoms with Crippen molar-refractivity contribution in [3.8, 4) is 17.0 Å². The van der Waals surface area contributed by atoms with Crippen LogP contribution in [-0.2, 0) is 0 Å². The number of anilines is 1. The number of aryl methyl sites for hydroxylation is 3. The normalized spacial score (nSPS) is 11.0. The molecule has 0 saturated heterocycles. The average Bonchev–Trinajstić information content (AvgIpc) is 2.80. The Morgan fingerprint density at radius 2 is 1.86 bits per heavy atom. The summed E-state index contributed by atoms with van der Waals surface area (Å²) < 4.78 is 7.30. The smallest absolute Gasteiger partial charge is 0.142 e. The first-order valence-electron chi connectivity index (χ1n) is 6.91. The first-order valence-corrected chi connectivity index (χ1v) is 6.91. The van der Waals surface area contributed by atoms with Gasteiger partial charge >= 0.3 is 0 Å². The third-order valence-electron chi connectivity index (χ3n) is 3.88. The van der Waals surface area contributed by atoms with E-state index in [1.807, 2.05) is 49.6 Å². The summed E-state index contributed by atoms with van der Waals surface area (Å²) in [5, 5.41) is 0. The Labute approximate surface area is 124 Å². The highest BCUT2D eigenvalue weighted by molar-refractivity contribution is 5.78. The summed E-state index contributed by atoms with van der Waals surface area (Å²) in [5.41, 5.74) is 12.4. The average molecular weight is 281 g/mol. The molecule has 0 aliphatic carbocycles. The van der Waals surface area contributed by atoms with Gasteiger partial charge in [0.25, 0.3) is 0 Å². The van der Waals surface area contributed by atoms with Gasteiger partial charge in [-0.15, -0.1) is 0 Å². The van der Waals surface area contributed by atoms with Crippen LogP contribution in [-0.4, -0.2) is 16.5 Å². The molecule has 0 unspecified atom stereocenters. The van der Waals surface area contributed by atoms with Crippen LogP contribution < -0.4 is 10.5 Å². The molecule has 0 amide bonds. The molecule has 2 N–H and O–H groups in total. The quantitative estimate of drug-likeness (QED) is 0.782. The van der Waals surface area contributed by atoms with Crippen LogP contribution in [0.25, 0.3) is 16.9 Å². The minimum absolute atomic E-state index is 0.668. The Hall–Kier alpha value is -2.49. The molecule has 0 radical (unpaired) electrons. The minimum Gasteiger partial charge on any atom is -0.496 e. The number of nitrogens with two attached hydrogens (primary N) is 1. The number of hydrogen-bond donors (Lipinski definition) is 1. The molecule has 1 aromatic carbocycles. The molecule has 3 rings (SSSR count). The minimum atomic E-state index is 0.668. The lowest BCUT2D eigenvalue weighted by Crippen LogP contribution is -1.96. The van der Waals surface area contributed by atoms with E-state index in [-0.39, 0.29) is 0 Å².